The van der Waals surface area contributed by atoms with Crippen LogP contribution in [0.1, 0.15) is 38.1 Å². The first kappa shape index (κ1) is 19.9. The predicted molar refractivity (Wildman–Crippen MR) is 94.4 cm³/mol. The summed E-state index contributed by atoms with van der Waals surface area (Å²) < 4.78 is 33.9. The summed E-state index contributed by atoms with van der Waals surface area (Å²) in [7, 11) is 0. The number of piperazine rings is 1. The molecule has 0 bridgehead atoms. The van der Waals surface area contributed by atoms with Crippen molar-refractivity contribution in [1.82, 2.24) is 10.2 Å². The van der Waals surface area contributed by atoms with Gasteiger partial charge in [0.25, 0.3) is 5.91 Å². The Bertz CT molecular complexity index is 681. The molecule has 144 valence electrons. The molecular formula is C18H25F2N3O3. The number of amides is 2. The van der Waals surface area contributed by atoms with Gasteiger partial charge in [-0.2, -0.15) is 0 Å². The van der Waals surface area contributed by atoms with E-state index in [0.717, 1.165) is 12.1 Å². The molecule has 1 N–H and O–H groups in total. The summed E-state index contributed by atoms with van der Waals surface area (Å²) in [5.74, 6) is -2.09. The van der Waals surface area contributed by atoms with Gasteiger partial charge in [0, 0.05) is 38.8 Å². The van der Waals surface area contributed by atoms with E-state index in [1.807, 2.05) is 0 Å². The largest absolute Gasteiger partial charge is 0.444 e. The Kier molecular flexibility index (Phi) is 6.05. The first-order chi connectivity index (χ1) is 12.1. The van der Waals surface area contributed by atoms with Crippen LogP contribution in [0.3, 0.4) is 0 Å². The lowest BCUT2D eigenvalue weighted by molar-refractivity contribution is 0.0240. The molecule has 2 amide bonds. The monoisotopic (exact) mass is 369 g/mol. The molecule has 0 atom stereocenters. The maximum absolute atomic E-state index is 14.4. The van der Waals surface area contributed by atoms with Crippen molar-refractivity contribution < 1.29 is 23.1 Å². The van der Waals surface area contributed by atoms with E-state index in [-0.39, 0.29) is 11.3 Å². The summed E-state index contributed by atoms with van der Waals surface area (Å²) in [6.07, 6.45) is -0.421. The van der Waals surface area contributed by atoms with Gasteiger partial charge >= 0.3 is 6.09 Å². The van der Waals surface area contributed by atoms with Gasteiger partial charge in [-0.05, 0) is 33.8 Å². The van der Waals surface area contributed by atoms with Gasteiger partial charge in [0.1, 0.15) is 17.2 Å². The number of ether oxygens (including phenoxy) is 1. The van der Waals surface area contributed by atoms with Gasteiger partial charge in [-0.3, -0.25) is 4.79 Å². The minimum absolute atomic E-state index is 0.0828. The lowest BCUT2D eigenvalue weighted by Crippen LogP contribution is -2.50. The zero-order valence-corrected chi connectivity index (χ0v) is 15.6. The van der Waals surface area contributed by atoms with Crippen LogP contribution in [0, 0.1) is 11.6 Å². The summed E-state index contributed by atoms with van der Waals surface area (Å²) in [4.78, 5) is 27.0. The van der Waals surface area contributed by atoms with Crippen molar-refractivity contribution in [1.29, 1.82) is 0 Å². The SMILES string of the molecule is CCNC(=O)c1cc(F)c(N2CCN(C(=O)OC(C)(C)C)CC2)cc1F. The lowest BCUT2D eigenvalue weighted by Gasteiger charge is -2.36. The topological polar surface area (TPSA) is 61.9 Å². The fraction of sp³-hybridized carbons (Fsp3) is 0.556. The summed E-state index contributed by atoms with van der Waals surface area (Å²) >= 11 is 0. The van der Waals surface area contributed by atoms with Crippen LogP contribution in [-0.2, 0) is 4.74 Å². The van der Waals surface area contributed by atoms with E-state index in [2.05, 4.69) is 5.32 Å². The van der Waals surface area contributed by atoms with Crippen LogP contribution < -0.4 is 10.2 Å². The third-order valence-electron chi connectivity index (χ3n) is 3.89. The molecule has 0 radical (unpaired) electrons. The van der Waals surface area contributed by atoms with Gasteiger partial charge in [-0.25, -0.2) is 13.6 Å². The Hall–Kier alpha value is -2.38. The fourth-order valence-electron chi connectivity index (χ4n) is 2.66. The Morgan fingerprint density at radius 3 is 2.27 bits per heavy atom. The minimum Gasteiger partial charge on any atom is -0.444 e. The molecule has 0 spiro atoms. The van der Waals surface area contributed by atoms with Crippen molar-refractivity contribution in [3.8, 4) is 0 Å². The van der Waals surface area contributed by atoms with Crippen LogP contribution in [0.5, 0.6) is 0 Å². The molecule has 1 aliphatic heterocycles. The smallest absolute Gasteiger partial charge is 0.410 e. The number of halogens is 2. The molecule has 1 aromatic carbocycles. The first-order valence-corrected chi connectivity index (χ1v) is 8.62. The maximum Gasteiger partial charge on any atom is 0.410 e. The van der Waals surface area contributed by atoms with Crippen molar-refractivity contribution in [2.75, 3.05) is 37.6 Å². The quantitative estimate of drug-likeness (QED) is 0.890. The summed E-state index contributed by atoms with van der Waals surface area (Å²) in [5.41, 5.74) is -0.821. The van der Waals surface area contributed by atoms with Gasteiger partial charge in [-0.15, -0.1) is 0 Å². The fourth-order valence-corrected chi connectivity index (χ4v) is 2.66. The van der Waals surface area contributed by atoms with Crippen LogP contribution in [0.25, 0.3) is 0 Å². The Balaban J connectivity index is 2.06. The minimum atomic E-state index is -0.776. The van der Waals surface area contributed by atoms with Crippen LogP contribution in [0.2, 0.25) is 0 Å². The number of benzene rings is 1. The van der Waals surface area contributed by atoms with Gasteiger partial charge in [0.05, 0.1) is 11.3 Å². The summed E-state index contributed by atoms with van der Waals surface area (Å²) in [6, 6.07) is 1.94. The van der Waals surface area contributed by atoms with Crippen molar-refractivity contribution in [2.45, 2.75) is 33.3 Å². The molecule has 0 aromatic heterocycles. The second-order valence-electron chi connectivity index (χ2n) is 7.10. The van der Waals surface area contributed by atoms with Crippen molar-refractivity contribution in [3.05, 3.63) is 29.3 Å². The molecular weight excluding hydrogens is 344 g/mol. The highest BCUT2D eigenvalue weighted by Crippen LogP contribution is 2.25. The van der Waals surface area contributed by atoms with E-state index in [4.69, 9.17) is 4.74 Å². The molecule has 26 heavy (non-hydrogen) atoms. The number of nitrogens with zero attached hydrogens (tertiary/aromatic N) is 2. The highest BCUT2D eigenvalue weighted by Gasteiger charge is 2.27. The van der Waals surface area contributed by atoms with Crippen LogP contribution in [0.4, 0.5) is 19.3 Å². The summed E-state index contributed by atoms with van der Waals surface area (Å²) in [5, 5.41) is 2.45. The second kappa shape index (κ2) is 7.88. The van der Waals surface area contributed by atoms with Gasteiger partial charge in [0.2, 0.25) is 0 Å². The van der Waals surface area contributed by atoms with E-state index in [1.54, 1.807) is 37.5 Å². The molecule has 0 saturated carbocycles. The highest BCUT2D eigenvalue weighted by molar-refractivity contribution is 5.94. The van der Waals surface area contributed by atoms with Crippen LogP contribution >= 0.6 is 0 Å². The third kappa shape index (κ3) is 4.83. The molecule has 2 rings (SSSR count). The number of rotatable bonds is 3. The molecule has 0 aliphatic carbocycles. The van der Waals surface area contributed by atoms with Crippen molar-refractivity contribution >= 4 is 17.7 Å². The molecule has 1 fully saturated rings. The van der Waals surface area contributed by atoms with E-state index in [0.29, 0.717) is 32.7 Å². The third-order valence-corrected chi connectivity index (χ3v) is 3.89. The van der Waals surface area contributed by atoms with Gasteiger partial charge in [0.15, 0.2) is 0 Å². The van der Waals surface area contributed by atoms with E-state index < -0.39 is 29.2 Å². The summed E-state index contributed by atoms with van der Waals surface area (Å²) in [6.45, 7) is 8.76. The van der Waals surface area contributed by atoms with Crippen molar-refractivity contribution in [2.24, 2.45) is 0 Å². The van der Waals surface area contributed by atoms with E-state index in [9.17, 15) is 18.4 Å². The number of hydrogen-bond acceptors (Lipinski definition) is 4. The molecule has 0 unspecified atom stereocenters. The lowest BCUT2D eigenvalue weighted by atomic mass is 10.1. The van der Waals surface area contributed by atoms with Gasteiger partial charge in [-0.1, -0.05) is 0 Å². The predicted octanol–water partition coefficient (Wildman–Crippen LogP) is 2.77. The van der Waals surface area contributed by atoms with E-state index in [1.165, 1.54) is 0 Å². The molecule has 8 heteroatoms. The second-order valence-corrected chi connectivity index (χ2v) is 7.10. The number of anilines is 1. The number of nitrogens with one attached hydrogen (secondary N) is 1. The number of carbonyl (C=O) groups is 2. The molecule has 1 heterocycles. The molecule has 6 nitrogen and oxygen atoms in total. The highest BCUT2D eigenvalue weighted by atomic mass is 19.1. The first-order valence-electron chi connectivity index (χ1n) is 8.62. The Morgan fingerprint density at radius 1 is 1.12 bits per heavy atom. The van der Waals surface area contributed by atoms with E-state index >= 15 is 0 Å². The molecule has 1 saturated heterocycles. The zero-order valence-electron chi connectivity index (χ0n) is 15.6. The average molecular weight is 369 g/mol. The van der Waals surface area contributed by atoms with Crippen LogP contribution in [-0.4, -0.2) is 55.2 Å². The molecule has 1 aromatic rings. The van der Waals surface area contributed by atoms with Crippen molar-refractivity contribution in [3.63, 3.8) is 0 Å². The average Bonchev–Trinajstić information content (AvgIpc) is 2.55. The number of carbonyl (C=O) groups excluding carboxylic acids is 2. The zero-order chi connectivity index (χ0) is 19.5. The Labute approximate surface area is 152 Å². The van der Waals surface area contributed by atoms with Gasteiger partial charge < -0.3 is 19.9 Å². The maximum atomic E-state index is 14.4. The standard InChI is InChI=1S/C18H25F2N3O3/c1-5-21-16(24)12-10-14(20)15(11-13(12)19)22-6-8-23(9-7-22)17(25)26-18(2,3)4/h10-11H,5-9H2,1-4H3,(H,21,24). The van der Waals surface area contributed by atoms with Crippen LogP contribution in [0.15, 0.2) is 12.1 Å². The molecule has 1 aliphatic rings. The Morgan fingerprint density at radius 2 is 1.73 bits per heavy atom. The normalized spacial score (nSPS) is 15.0. The number of hydrogen-bond donors (Lipinski definition) is 1.